The highest BCUT2D eigenvalue weighted by Crippen LogP contribution is 2.21. The molecule has 5 nitrogen and oxygen atoms in total. The van der Waals surface area contributed by atoms with Gasteiger partial charge in [-0.3, -0.25) is 9.10 Å². The smallest absolute Gasteiger partial charge is 0.232 e. The van der Waals surface area contributed by atoms with Gasteiger partial charge < -0.3 is 5.32 Å². The second-order valence-corrected chi connectivity index (χ2v) is 8.26. The number of carbonyl (C=O) groups is 1. The molecule has 1 amide bonds. The number of aryl methyl sites for hydroxylation is 3. The summed E-state index contributed by atoms with van der Waals surface area (Å²) in [5.41, 5.74) is 4.30. The van der Waals surface area contributed by atoms with E-state index in [1.165, 1.54) is 4.31 Å². The van der Waals surface area contributed by atoms with Crippen LogP contribution in [0.3, 0.4) is 0 Å². The number of hydrogen-bond donors (Lipinski definition) is 1. The average Bonchev–Trinajstić information content (AvgIpc) is 2.44. The molecule has 0 aliphatic rings. The highest BCUT2D eigenvalue weighted by molar-refractivity contribution is 7.92. The number of nitrogens with zero attached hydrogens (tertiary/aromatic N) is 1. The largest absolute Gasteiger partial charge is 0.326 e. The fraction of sp³-hybridized carbons (Fsp3) is 0.316. The minimum Gasteiger partial charge on any atom is -0.326 e. The van der Waals surface area contributed by atoms with Crippen molar-refractivity contribution in [1.82, 2.24) is 0 Å². The monoisotopic (exact) mass is 360 g/mol. The molecule has 0 saturated heterocycles. The number of benzene rings is 2. The molecule has 0 aliphatic carbocycles. The van der Waals surface area contributed by atoms with Crippen LogP contribution in [0.4, 0.5) is 11.4 Å². The van der Waals surface area contributed by atoms with Gasteiger partial charge in [-0.25, -0.2) is 8.42 Å². The maximum absolute atomic E-state index is 12.2. The molecule has 0 bridgehead atoms. The quantitative estimate of drug-likeness (QED) is 0.858. The van der Waals surface area contributed by atoms with Crippen LogP contribution in [-0.4, -0.2) is 27.1 Å². The zero-order valence-electron chi connectivity index (χ0n) is 15.0. The van der Waals surface area contributed by atoms with Crippen molar-refractivity contribution in [3.63, 3.8) is 0 Å². The summed E-state index contributed by atoms with van der Waals surface area (Å²) >= 11 is 0. The summed E-state index contributed by atoms with van der Waals surface area (Å²) in [6.45, 7) is 5.88. The first-order valence-electron chi connectivity index (χ1n) is 8.08. The minimum absolute atomic E-state index is 0.0774. The van der Waals surface area contributed by atoms with Crippen LogP contribution in [0, 0.1) is 20.8 Å². The van der Waals surface area contributed by atoms with Gasteiger partial charge in [0.2, 0.25) is 15.9 Å². The Balaban J connectivity index is 2.12. The Hall–Kier alpha value is -2.34. The molecule has 0 saturated carbocycles. The lowest BCUT2D eigenvalue weighted by atomic mass is 10.1. The number of nitrogens with one attached hydrogen (secondary N) is 1. The SMILES string of the molecule is Cc1cccc(NC(=O)CCN(c2cc(C)cc(C)c2)S(C)(=O)=O)c1. The van der Waals surface area contributed by atoms with Gasteiger partial charge in [0.05, 0.1) is 11.9 Å². The topological polar surface area (TPSA) is 66.5 Å². The van der Waals surface area contributed by atoms with E-state index in [9.17, 15) is 13.2 Å². The molecule has 0 atom stereocenters. The molecule has 25 heavy (non-hydrogen) atoms. The molecule has 0 radical (unpaired) electrons. The van der Waals surface area contributed by atoms with E-state index in [1.807, 2.05) is 63.2 Å². The van der Waals surface area contributed by atoms with Crippen LogP contribution in [0.5, 0.6) is 0 Å². The van der Waals surface area contributed by atoms with Crippen LogP contribution < -0.4 is 9.62 Å². The van der Waals surface area contributed by atoms with Crippen molar-refractivity contribution in [1.29, 1.82) is 0 Å². The van der Waals surface area contributed by atoms with Crippen molar-refractivity contribution in [3.05, 3.63) is 59.2 Å². The molecule has 0 unspecified atom stereocenters. The molecule has 0 heterocycles. The second kappa shape index (κ2) is 7.70. The summed E-state index contributed by atoms with van der Waals surface area (Å²) in [5, 5.41) is 2.80. The molecule has 2 aromatic carbocycles. The van der Waals surface area contributed by atoms with Crippen LogP contribution in [0.25, 0.3) is 0 Å². The zero-order chi connectivity index (χ0) is 18.6. The summed E-state index contributed by atoms with van der Waals surface area (Å²) in [7, 11) is -3.47. The Morgan fingerprint density at radius 2 is 1.64 bits per heavy atom. The van der Waals surface area contributed by atoms with E-state index < -0.39 is 10.0 Å². The van der Waals surface area contributed by atoms with Crippen LogP contribution in [-0.2, 0) is 14.8 Å². The van der Waals surface area contributed by atoms with Gasteiger partial charge in [-0.05, 0) is 61.7 Å². The van der Waals surface area contributed by atoms with Crippen molar-refractivity contribution >= 4 is 27.3 Å². The molecule has 1 N–H and O–H groups in total. The van der Waals surface area contributed by atoms with E-state index in [2.05, 4.69) is 5.32 Å². The van der Waals surface area contributed by atoms with Crippen LogP contribution in [0.1, 0.15) is 23.1 Å². The van der Waals surface area contributed by atoms with Gasteiger partial charge in [-0.2, -0.15) is 0 Å². The van der Waals surface area contributed by atoms with Crippen LogP contribution in [0.15, 0.2) is 42.5 Å². The molecule has 0 fully saturated rings. The van der Waals surface area contributed by atoms with Crippen LogP contribution >= 0.6 is 0 Å². The normalized spacial score (nSPS) is 11.2. The number of sulfonamides is 1. The summed E-state index contributed by atoms with van der Waals surface area (Å²) in [6.07, 6.45) is 1.23. The Bertz CT molecular complexity index is 856. The van der Waals surface area contributed by atoms with E-state index >= 15 is 0 Å². The number of hydrogen-bond acceptors (Lipinski definition) is 3. The first kappa shape index (κ1) is 19.0. The Labute approximate surface area is 149 Å². The van der Waals surface area contributed by atoms with Crippen LogP contribution in [0.2, 0.25) is 0 Å². The molecular weight excluding hydrogens is 336 g/mol. The molecule has 134 valence electrons. The average molecular weight is 360 g/mol. The molecule has 0 spiro atoms. The third kappa shape index (κ3) is 5.60. The number of anilines is 2. The fourth-order valence-corrected chi connectivity index (χ4v) is 3.64. The Kier molecular flexibility index (Phi) is 5.85. The van der Waals surface area contributed by atoms with E-state index in [-0.39, 0.29) is 18.9 Å². The van der Waals surface area contributed by atoms with E-state index in [1.54, 1.807) is 0 Å². The Morgan fingerprint density at radius 3 is 2.20 bits per heavy atom. The van der Waals surface area contributed by atoms with Crippen molar-refractivity contribution < 1.29 is 13.2 Å². The van der Waals surface area contributed by atoms with Crippen molar-refractivity contribution in [2.24, 2.45) is 0 Å². The standard InChI is InChI=1S/C19H24N2O3S/c1-14-6-5-7-17(11-14)20-19(22)8-9-21(25(4,23)24)18-12-15(2)10-16(3)13-18/h5-7,10-13H,8-9H2,1-4H3,(H,20,22). The maximum atomic E-state index is 12.2. The van der Waals surface area contributed by atoms with Gasteiger partial charge >= 0.3 is 0 Å². The van der Waals surface area contributed by atoms with Gasteiger partial charge in [0, 0.05) is 18.7 Å². The lowest BCUT2D eigenvalue weighted by Crippen LogP contribution is -2.33. The third-order valence-electron chi connectivity index (χ3n) is 3.74. The van der Waals surface area contributed by atoms with Crippen molar-refractivity contribution in [2.45, 2.75) is 27.2 Å². The summed E-state index contributed by atoms with van der Waals surface area (Å²) in [5.74, 6) is -0.219. The molecule has 0 aliphatic heterocycles. The highest BCUT2D eigenvalue weighted by Gasteiger charge is 2.19. The number of carbonyl (C=O) groups excluding carboxylic acids is 1. The second-order valence-electron chi connectivity index (χ2n) is 6.35. The van der Waals surface area contributed by atoms with Crippen molar-refractivity contribution in [2.75, 3.05) is 22.4 Å². The predicted octanol–water partition coefficient (Wildman–Crippen LogP) is 3.41. The number of amides is 1. The van der Waals surface area contributed by atoms with Gasteiger partial charge in [-0.15, -0.1) is 0 Å². The molecule has 6 heteroatoms. The zero-order valence-corrected chi connectivity index (χ0v) is 15.9. The summed E-state index contributed by atoms with van der Waals surface area (Å²) in [6, 6.07) is 13.1. The molecule has 2 aromatic rings. The number of rotatable bonds is 6. The third-order valence-corrected chi connectivity index (χ3v) is 4.93. The van der Waals surface area contributed by atoms with Crippen molar-refractivity contribution in [3.8, 4) is 0 Å². The van der Waals surface area contributed by atoms with E-state index in [0.29, 0.717) is 11.4 Å². The molecule has 2 rings (SSSR count). The Morgan fingerprint density at radius 1 is 1.00 bits per heavy atom. The van der Waals surface area contributed by atoms with Gasteiger partial charge in [0.15, 0.2) is 0 Å². The fourth-order valence-electron chi connectivity index (χ4n) is 2.73. The van der Waals surface area contributed by atoms with E-state index in [4.69, 9.17) is 0 Å². The van der Waals surface area contributed by atoms with E-state index in [0.717, 1.165) is 22.9 Å². The molecular formula is C19H24N2O3S. The van der Waals surface area contributed by atoms with Gasteiger partial charge in [0.1, 0.15) is 0 Å². The van der Waals surface area contributed by atoms with Gasteiger partial charge in [0.25, 0.3) is 0 Å². The first-order valence-corrected chi connectivity index (χ1v) is 9.92. The molecule has 0 aromatic heterocycles. The van der Waals surface area contributed by atoms with Gasteiger partial charge in [-0.1, -0.05) is 18.2 Å². The lowest BCUT2D eigenvalue weighted by Gasteiger charge is -2.23. The lowest BCUT2D eigenvalue weighted by molar-refractivity contribution is -0.116. The maximum Gasteiger partial charge on any atom is 0.232 e. The summed E-state index contributed by atoms with van der Waals surface area (Å²) < 4.78 is 25.6. The highest BCUT2D eigenvalue weighted by atomic mass is 32.2. The minimum atomic E-state index is -3.47. The first-order chi connectivity index (χ1) is 11.6. The summed E-state index contributed by atoms with van der Waals surface area (Å²) in [4.78, 5) is 12.2. The predicted molar refractivity (Wildman–Crippen MR) is 103 cm³/mol.